The Morgan fingerprint density at radius 3 is 2.27 bits per heavy atom. The van der Waals surface area contributed by atoms with E-state index in [4.69, 9.17) is 9.15 Å². The van der Waals surface area contributed by atoms with E-state index >= 15 is 0 Å². The minimum atomic E-state index is -0.369. The lowest BCUT2D eigenvalue weighted by atomic mass is 9.33. The zero-order chi connectivity index (χ0) is 27.8. The SMILES string of the molecule is CC1(C)CC(C)(C)c2c1c1c3c4c(cccc24)OC(=O)N3c2c(ccc3oc4ccccc4c23)B1c1ccccc1. The van der Waals surface area contributed by atoms with E-state index in [9.17, 15) is 4.79 Å². The second-order valence-electron chi connectivity index (χ2n) is 13.2. The Balaban J connectivity index is 1.55. The van der Waals surface area contributed by atoms with Crippen LogP contribution in [0.25, 0.3) is 32.7 Å². The third kappa shape index (κ3) is 2.79. The first-order valence-corrected chi connectivity index (χ1v) is 14.4. The molecular weight excluding hydrogens is 505 g/mol. The van der Waals surface area contributed by atoms with Crippen LogP contribution < -0.4 is 26.0 Å². The van der Waals surface area contributed by atoms with Gasteiger partial charge in [-0.15, -0.1) is 0 Å². The van der Waals surface area contributed by atoms with Gasteiger partial charge in [0.2, 0.25) is 6.71 Å². The van der Waals surface area contributed by atoms with Crippen molar-refractivity contribution in [2.45, 2.75) is 44.9 Å². The predicted octanol–water partition coefficient (Wildman–Crippen LogP) is 7.18. The Bertz CT molecular complexity index is 2140. The molecule has 0 fully saturated rings. The molecule has 3 aliphatic rings. The summed E-state index contributed by atoms with van der Waals surface area (Å²) in [5, 5.41) is 4.17. The molecule has 9 rings (SSSR count). The summed E-state index contributed by atoms with van der Waals surface area (Å²) in [7, 11) is 0. The highest BCUT2D eigenvalue weighted by atomic mass is 16.6. The third-order valence-corrected chi connectivity index (χ3v) is 9.65. The van der Waals surface area contributed by atoms with Gasteiger partial charge in [-0.2, -0.15) is 0 Å². The number of fused-ring (bicyclic) bond motifs is 9. The molecule has 6 aromatic rings. The molecular formula is C36H28BNO3. The molecule has 3 heterocycles. The van der Waals surface area contributed by atoms with Crippen molar-refractivity contribution >= 4 is 73.3 Å². The molecule has 0 atom stereocenters. The van der Waals surface area contributed by atoms with Crippen LogP contribution in [-0.2, 0) is 10.8 Å². The summed E-state index contributed by atoms with van der Waals surface area (Å²) >= 11 is 0. The van der Waals surface area contributed by atoms with Gasteiger partial charge in [-0.3, -0.25) is 0 Å². The molecule has 41 heavy (non-hydrogen) atoms. The maximum absolute atomic E-state index is 14.2. The van der Waals surface area contributed by atoms with E-state index in [1.54, 1.807) is 0 Å². The average molecular weight is 533 g/mol. The van der Waals surface area contributed by atoms with Gasteiger partial charge in [0.15, 0.2) is 0 Å². The summed E-state index contributed by atoms with van der Waals surface area (Å²) < 4.78 is 12.5. The molecule has 0 N–H and O–H groups in total. The van der Waals surface area contributed by atoms with Gasteiger partial charge >= 0.3 is 6.09 Å². The Morgan fingerprint density at radius 2 is 1.44 bits per heavy atom. The fraction of sp³-hybridized carbons (Fsp3) is 0.194. The maximum atomic E-state index is 14.2. The van der Waals surface area contributed by atoms with Crippen molar-refractivity contribution in [2.75, 3.05) is 4.90 Å². The first-order valence-electron chi connectivity index (χ1n) is 14.4. The first kappa shape index (κ1) is 23.2. The fourth-order valence-electron chi connectivity index (χ4n) is 8.66. The Labute approximate surface area is 238 Å². The molecule has 1 aliphatic carbocycles. The second kappa shape index (κ2) is 7.41. The van der Waals surface area contributed by atoms with Crippen LogP contribution in [0.1, 0.15) is 45.2 Å². The number of furan rings is 1. The second-order valence-corrected chi connectivity index (χ2v) is 13.2. The number of benzene rings is 5. The lowest BCUT2D eigenvalue weighted by Crippen LogP contribution is -2.61. The van der Waals surface area contributed by atoms with E-state index in [1.807, 2.05) is 35.2 Å². The van der Waals surface area contributed by atoms with Crippen molar-refractivity contribution in [3.8, 4) is 5.75 Å². The molecule has 5 aromatic carbocycles. The lowest BCUT2D eigenvalue weighted by Gasteiger charge is -2.41. The van der Waals surface area contributed by atoms with Crippen LogP contribution in [0, 0.1) is 0 Å². The number of carbonyl (C=O) groups is 1. The molecule has 1 amide bonds. The van der Waals surface area contributed by atoms with Crippen LogP contribution in [-0.4, -0.2) is 12.8 Å². The molecule has 5 heteroatoms. The molecule has 198 valence electrons. The minimum absolute atomic E-state index is 0.0367. The number of para-hydroxylation sites is 1. The van der Waals surface area contributed by atoms with E-state index in [0.717, 1.165) is 50.6 Å². The quantitative estimate of drug-likeness (QED) is 0.210. The largest absolute Gasteiger partial charge is 0.456 e. The van der Waals surface area contributed by atoms with Gasteiger partial charge in [0.1, 0.15) is 16.9 Å². The Morgan fingerprint density at radius 1 is 0.707 bits per heavy atom. The molecule has 0 radical (unpaired) electrons. The molecule has 0 unspecified atom stereocenters. The van der Waals surface area contributed by atoms with Crippen LogP contribution in [0.4, 0.5) is 16.2 Å². The number of ether oxygens (including phenoxy) is 1. The number of nitrogens with zero attached hydrogens (tertiary/aromatic N) is 1. The minimum Gasteiger partial charge on any atom is -0.456 e. The van der Waals surface area contributed by atoms with Crippen LogP contribution in [0.5, 0.6) is 5.75 Å². The first-order chi connectivity index (χ1) is 19.8. The number of rotatable bonds is 1. The van der Waals surface area contributed by atoms with E-state index in [0.29, 0.717) is 5.75 Å². The summed E-state index contributed by atoms with van der Waals surface area (Å²) in [5.74, 6) is 0.641. The smallest absolute Gasteiger partial charge is 0.424 e. The van der Waals surface area contributed by atoms with E-state index < -0.39 is 0 Å². The summed E-state index contributed by atoms with van der Waals surface area (Å²) in [6.45, 7) is 9.42. The number of carbonyl (C=O) groups excluding carboxylic acids is 1. The third-order valence-electron chi connectivity index (χ3n) is 9.65. The van der Waals surface area contributed by atoms with Gasteiger partial charge in [0.05, 0.1) is 16.8 Å². The normalized spacial score (nSPS) is 17.7. The molecule has 0 bridgehead atoms. The van der Waals surface area contributed by atoms with Crippen LogP contribution in [0.15, 0.2) is 89.3 Å². The maximum Gasteiger partial charge on any atom is 0.424 e. The van der Waals surface area contributed by atoms with Gasteiger partial charge in [0, 0.05) is 10.8 Å². The molecule has 0 saturated carbocycles. The summed E-state index contributed by atoms with van der Waals surface area (Å²) in [4.78, 5) is 16.0. The van der Waals surface area contributed by atoms with Crippen molar-refractivity contribution in [1.82, 2.24) is 0 Å². The van der Waals surface area contributed by atoms with Gasteiger partial charge in [0.25, 0.3) is 0 Å². The topological polar surface area (TPSA) is 42.7 Å². The highest BCUT2D eigenvalue weighted by Gasteiger charge is 2.52. The number of amides is 1. The Hall–Kier alpha value is -4.51. The lowest BCUT2D eigenvalue weighted by molar-refractivity contribution is 0.210. The Kier molecular flexibility index (Phi) is 4.20. The zero-order valence-corrected chi connectivity index (χ0v) is 23.5. The van der Waals surface area contributed by atoms with E-state index in [1.165, 1.54) is 27.4 Å². The highest BCUT2D eigenvalue weighted by molar-refractivity contribution is 6.99. The van der Waals surface area contributed by atoms with Gasteiger partial charge in [-0.1, -0.05) is 99.9 Å². The molecule has 2 aliphatic heterocycles. The van der Waals surface area contributed by atoms with Crippen molar-refractivity contribution in [1.29, 1.82) is 0 Å². The number of hydrogen-bond donors (Lipinski definition) is 0. The van der Waals surface area contributed by atoms with Crippen molar-refractivity contribution in [2.24, 2.45) is 0 Å². The summed E-state index contributed by atoms with van der Waals surface area (Å²) in [6, 6.07) is 29.3. The zero-order valence-electron chi connectivity index (χ0n) is 23.5. The van der Waals surface area contributed by atoms with Gasteiger partial charge < -0.3 is 9.15 Å². The monoisotopic (exact) mass is 533 g/mol. The van der Waals surface area contributed by atoms with E-state index in [2.05, 4.69) is 82.3 Å². The fourth-order valence-corrected chi connectivity index (χ4v) is 8.66. The van der Waals surface area contributed by atoms with Crippen LogP contribution in [0.3, 0.4) is 0 Å². The van der Waals surface area contributed by atoms with Crippen LogP contribution >= 0.6 is 0 Å². The van der Waals surface area contributed by atoms with Gasteiger partial charge in [-0.05, 0) is 62.9 Å². The number of anilines is 2. The average Bonchev–Trinajstić information content (AvgIpc) is 3.42. The van der Waals surface area contributed by atoms with E-state index in [-0.39, 0.29) is 23.6 Å². The van der Waals surface area contributed by atoms with Gasteiger partial charge in [-0.25, -0.2) is 9.69 Å². The van der Waals surface area contributed by atoms with Crippen LogP contribution in [0.2, 0.25) is 0 Å². The van der Waals surface area contributed by atoms with Crippen molar-refractivity contribution in [3.63, 3.8) is 0 Å². The van der Waals surface area contributed by atoms with Crippen molar-refractivity contribution < 1.29 is 13.9 Å². The molecule has 0 spiro atoms. The predicted molar refractivity (Wildman–Crippen MR) is 168 cm³/mol. The molecule has 1 aromatic heterocycles. The summed E-state index contributed by atoms with van der Waals surface area (Å²) in [5.41, 5.74) is 9.60. The molecule has 0 saturated heterocycles. The highest BCUT2D eigenvalue weighted by Crippen LogP contribution is 2.56. The number of hydrogen-bond acceptors (Lipinski definition) is 3. The standard InChI is InChI=1S/C36H28BNO3/c1-35(2)19-36(3,4)30-29(35)22-14-10-16-25-28(22)33-31(30)37(20-11-6-5-7-12-20)23-17-18-26-27(32(23)38(33)34(39)41-25)21-13-8-9-15-24(21)40-26/h5-18H,19H2,1-4H3. The van der Waals surface area contributed by atoms with Crippen molar-refractivity contribution in [3.05, 3.63) is 96.1 Å². The molecule has 4 nitrogen and oxygen atoms in total. The summed E-state index contributed by atoms with van der Waals surface area (Å²) in [6.07, 6.45) is 0.659.